The highest BCUT2D eigenvalue weighted by molar-refractivity contribution is 5.17. The maximum atomic E-state index is 2.22. The van der Waals surface area contributed by atoms with Gasteiger partial charge in [-0.2, -0.15) is 0 Å². The summed E-state index contributed by atoms with van der Waals surface area (Å²) in [7, 11) is 0. The molecule has 0 radical (unpaired) electrons. The Hall–Kier alpha value is -1.56. The largest absolute Gasteiger partial charge is 0.0683 e. The van der Waals surface area contributed by atoms with Crippen molar-refractivity contribution in [1.29, 1.82) is 0 Å². The van der Waals surface area contributed by atoms with Crippen LogP contribution in [0, 0.1) is 17.8 Å². The molecule has 0 aliphatic rings. The fourth-order valence-electron chi connectivity index (χ4n) is 1.79. The van der Waals surface area contributed by atoms with Crippen LogP contribution in [0.2, 0.25) is 0 Å². The minimum absolute atomic E-state index is 0.884. The van der Waals surface area contributed by atoms with Gasteiger partial charge in [-0.15, -0.1) is 0 Å². The van der Waals surface area contributed by atoms with Gasteiger partial charge < -0.3 is 0 Å². The van der Waals surface area contributed by atoms with Crippen molar-refractivity contribution in [2.45, 2.75) is 115 Å². The zero-order chi connectivity index (χ0) is 25.2. The van der Waals surface area contributed by atoms with E-state index < -0.39 is 0 Å². The summed E-state index contributed by atoms with van der Waals surface area (Å²) < 4.78 is 0. The van der Waals surface area contributed by atoms with Gasteiger partial charge >= 0.3 is 0 Å². The van der Waals surface area contributed by atoms with Crippen LogP contribution in [0.15, 0.2) is 60.7 Å². The van der Waals surface area contributed by atoms with E-state index in [1.165, 1.54) is 49.7 Å². The molecule has 0 aromatic heterocycles. The Morgan fingerprint density at radius 2 is 0.688 bits per heavy atom. The summed E-state index contributed by atoms with van der Waals surface area (Å²) in [6.45, 7) is 23.9. The van der Waals surface area contributed by atoms with Crippen LogP contribution in [-0.4, -0.2) is 0 Å². The molecule has 0 heterocycles. The molecular formula is C32H58. The monoisotopic (exact) mass is 442 g/mol. The van der Waals surface area contributed by atoms with Crippen LogP contribution in [0.3, 0.4) is 0 Å². The van der Waals surface area contributed by atoms with E-state index in [9.17, 15) is 0 Å². The first-order chi connectivity index (χ1) is 15.3. The first kappa shape index (κ1) is 35.0. The van der Waals surface area contributed by atoms with Gasteiger partial charge in [0.2, 0.25) is 0 Å². The standard InChI is InChI=1S/C15H16.3C5H12.C2H6/c1-3-8-14(9-4-1)12-7-13-15-10-5-2-6-11-15;3*1-4-5(2)3;1-2/h1-6,8-11H,7,12-13H2;3*5H,4H2,1-3H3;1-2H3. The second-order valence-corrected chi connectivity index (χ2v) is 9.23. The lowest BCUT2D eigenvalue weighted by molar-refractivity contribution is 0.626. The third-order valence-electron chi connectivity index (χ3n) is 5.07. The lowest BCUT2D eigenvalue weighted by Gasteiger charge is -2.01. The van der Waals surface area contributed by atoms with Gasteiger partial charge in [-0.05, 0) is 48.1 Å². The SMILES string of the molecule is CC.CCC(C)C.CCC(C)C.CCC(C)C.c1ccc(CCCc2ccccc2)cc1. The van der Waals surface area contributed by atoms with Crippen molar-refractivity contribution in [2.75, 3.05) is 0 Å². The molecular weight excluding hydrogens is 384 g/mol. The van der Waals surface area contributed by atoms with Gasteiger partial charge in [-0.25, -0.2) is 0 Å². The highest BCUT2D eigenvalue weighted by Crippen LogP contribution is 2.07. The van der Waals surface area contributed by atoms with Crippen LogP contribution < -0.4 is 0 Å². The average Bonchev–Trinajstić information content (AvgIpc) is 2.83. The van der Waals surface area contributed by atoms with Gasteiger partial charge in [0.25, 0.3) is 0 Å². The van der Waals surface area contributed by atoms with Crippen LogP contribution >= 0.6 is 0 Å². The minimum atomic E-state index is 0.884. The highest BCUT2D eigenvalue weighted by Gasteiger charge is 1.93. The van der Waals surface area contributed by atoms with Crippen molar-refractivity contribution >= 4 is 0 Å². The Morgan fingerprint density at radius 3 is 0.875 bits per heavy atom. The van der Waals surface area contributed by atoms with Crippen molar-refractivity contribution in [1.82, 2.24) is 0 Å². The summed E-state index contributed by atoms with van der Waals surface area (Å²) in [4.78, 5) is 0. The van der Waals surface area contributed by atoms with E-state index in [0.29, 0.717) is 0 Å². The van der Waals surface area contributed by atoms with Crippen LogP contribution in [0.25, 0.3) is 0 Å². The number of aryl methyl sites for hydroxylation is 2. The molecule has 186 valence electrons. The molecule has 0 saturated carbocycles. The summed E-state index contributed by atoms with van der Waals surface area (Å²) in [6, 6.07) is 21.4. The van der Waals surface area contributed by atoms with Crippen LogP contribution in [-0.2, 0) is 12.8 Å². The zero-order valence-electron chi connectivity index (χ0n) is 23.7. The molecule has 0 spiro atoms. The predicted octanol–water partition coefficient (Wildman–Crippen LogP) is 11.0. The number of hydrogen-bond acceptors (Lipinski definition) is 0. The number of hydrogen-bond donors (Lipinski definition) is 0. The van der Waals surface area contributed by atoms with E-state index in [4.69, 9.17) is 0 Å². The molecule has 0 bridgehead atoms. The van der Waals surface area contributed by atoms with E-state index in [-0.39, 0.29) is 0 Å². The molecule has 0 saturated heterocycles. The Kier molecular flexibility index (Phi) is 30.1. The third-order valence-corrected chi connectivity index (χ3v) is 5.07. The first-order valence-corrected chi connectivity index (χ1v) is 13.3. The quantitative estimate of drug-likeness (QED) is 0.400. The molecule has 0 unspecified atom stereocenters. The Balaban J connectivity index is -0.000000411. The molecule has 0 N–H and O–H groups in total. The smallest absolute Gasteiger partial charge is 0.0276 e. The maximum Gasteiger partial charge on any atom is -0.0276 e. The fourth-order valence-corrected chi connectivity index (χ4v) is 1.79. The fraction of sp³-hybridized carbons (Fsp3) is 0.625. The molecule has 2 aromatic carbocycles. The van der Waals surface area contributed by atoms with Gasteiger partial charge in [0.05, 0.1) is 0 Å². The summed E-state index contributed by atoms with van der Waals surface area (Å²) in [5, 5.41) is 0. The molecule has 0 nitrogen and oxygen atoms in total. The Bertz CT molecular complexity index is 478. The lowest BCUT2D eigenvalue weighted by Crippen LogP contribution is -1.89. The summed E-state index contributed by atoms with van der Waals surface area (Å²) in [6.07, 6.45) is 7.50. The van der Waals surface area contributed by atoms with Gasteiger partial charge in [0.1, 0.15) is 0 Å². The maximum absolute atomic E-state index is 2.22. The molecule has 32 heavy (non-hydrogen) atoms. The Morgan fingerprint density at radius 1 is 0.469 bits per heavy atom. The van der Waals surface area contributed by atoms with Crippen molar-refractivity contribution in [2.24, 2.45) is 17.8 Å². The average molecular weight is 443 g/mol. The van der Waals surface area contributed by atoms with Crippen molar-refractivity contribution in [3.8, 4) is 0 Å². The normalized spacial score (nSPS) is 9.44. The van der Waals surface area contributed by atoms with Crippen LogP contribution in [0.1, 0.15) is 113 Å². The van der Waals surface area contributed by atoms with E-state index in [1.54, 1.807) is 0 Å². The molecule has 0 heteroatoms. The molecule has 2 rings (SSSR count). The highest BCUT2D eigenvalue weighted by atomic mass is 14.0. The second-order valence-electron chi connectivity index (χ2n) is 9.23. The van der Waals surface area contributed by atoms with E-state index in [2.05, 4.69) is 123 Å². The summed E-state index contributed by atoms with van der Waals surface area (Å²) in [5.74, 6) is 2.65. The van der Waals surface area contributed by atoms with Gasteiger partial charge in [-0.1, -0.05) is 156 Å². The minimum Gasteiger partial charge on any atom is -0.0683 e. The van der Waals surface area contributed by atoms with Crippen molar-refractivity contribution in [3.05, 3.63) is 71.8 Å². The van der Waals surface area contributed by atoms with Crippen LogP contribution in [0.5, 0.6) is 0 Å². The number of rotatable bonds is 7. The molecule has 0 fully saturated rings. The van der Waals surface area contributed by atoms with E-state index in [0.717, 1.165) is 17.8 Å². The first-order valence-electron chi connectivity index (χ1n) is 13.3. The summed E-state index contributed by atoms with van der Waals surface area (Å²) in [5.41, 5.74) is 2.88. The zero-order valence-corrected chi connectivity index (χ0v) is 23.7. The molecule has 0 amide bonds. The number of benzene rings is 2. The molecule has 0 aliphatic heterocycles. The van der Waals surface area contributed by atoms with Gasteiger partial charge in [0, 0.05) is 0 Å². The Labute approximate surface area is 204 Å². The predicted molar refractivity (Wildman–Crippen MR) is 152 cm³/mol. The van der Waals surface area contributed by atoms with E-state index >= 15 is 0 Å². The third kappa shape index (κ3) is 30.6. The lowest BCUT2D eigenvalue weighted by atomic mass is 10.0. The topological polar surface area (TPSA) is 0 Å². The molecule has 0 atom stereocenters. The van der Waals surface area contributed by atoms with Gasteiger partial charge in [-0.3, -0.25) is 0 Å². The van der Waals surface area contributed by atoms with Crippen molar-refractivity contribution in [3.63, 3.8) is 0 Å². The summed E-state index contributed by atoms with van der Waals surface area (Å²) >= 11 is 0. The second kappa shape index (κ2) is 27.5. The molecule has 2 aromatic rings. The van der Waals surface area contributed by atoms with E-state index in [1.807, 2.05) is 13.8 Å². The van der Waals surface area contributed by atoms with Crippen molar-refractivity contribution < 1.29 is 0 Å². The van der Waals surface area contributed by atoms with Gasteiger partial charge in [0.15, 0.2) is 0 Å². The molecule has 0 aliphatic carbocycles. The van der Waals surface area contributed by atoms with Crippen LogP contribution in [0.4, 0.5) is 0 Å².